The first-order chi connectivity index (χ1) is 14.6. The van der Waals surface area contributed by atoms with Crippen LogP contribution in [0.4, 0.5) is 15.8 Å². The highest BCUT2D eigenvalue weighted by Crippen LogP contribution is 2.29. The number of nitrogens with zero attached hydrogens (tertiary/aromatic N) is 1. The van der Waals surface area contributed by atoms with Crippen molar-refractivity contribution in [1.82, 2.24) is 0 Å². The fourth-order valence-corrected chi connectivity index (χ4v) is 3.44. The molecule has 3 aromatic carbocycles. The van der Waals surface area contributed by atoms with E-state index < -0.39 is 5.82 Å². The fraction of sp³-hybridized carbons (Fsp3) is 0.167. The first-order valence-electron chi connectivity index (χ1n) is 9.79. The van der Waals surface area contributed by atoms with Gasteiger partial charge in [0.1, 0.15) is 0 Å². The zero-order valence-electron chi connectivity index (χ0n) is 16.3. The van der Waals surface area contributed by atoms with Gasteiger partial charge in [0, 0.05) is 23.5 Å². The van der Waals surface area contributed by atoms with Crippen LogP contribution in [0.1, 0.15) is 22.3 Å². The molecule has 0 radical (unpaired) electrons. The average Bonchev–Trinajstić information content (AvgIpc) is 3.19. The molecule has 1 aliphatic rings. The topological polar surface area (TPSA) is 58.6 Å². The molecule has 0 saturated carbocycles. The summed E-state index contributed by atoms with van der Waals surface area (Å²) in [6, 6.07) is 20.8. The molecule has 4 rings (SSSR count). The maximum absolute atomic E-state index is 13.5. The molecule has 0 bridgehead atoms. The van der Waals surface area contributed by atoms with Gasteiger partial charge in [0.2, 0.25) is 5.91 Å². The van der Waals surface area contributed by atoms with Crippen molar-refractivity contribution in [3.05, 3.63) is 89.7 Å². The van der Waals surface area contributed by atoms with E-state index >= 15 is 0 Å². The molecular formula is C24H21FN2O3. The monoisotopic (exact) mass is 404 g/mol. The number of fused-ring (bicyclic) bond motifs is 1. The van der Waals surface area contributed by atoms with Crippen molar-refractivity contribution in [3.63, 3.8) is 0 Å². The third-order valence-corrected chi connectivity index (χ3v) is 4.97. The number of benzene rings is 3. The van der Waals surface area contributed by atoms with Crippen LogP contribution in [0, 0.1) is 5.82 Å². The number of ether oxygens (including phenoxy) is 1. The lowest BCUT2D eigenvalue weighted by molar-refractivity contribution is -0.116. The van der Waals surface area contributed by atoms with Gasteiger partial charge in [0.15, 0.2) is 11.6 Å². The van der Waals surface area contributed by atoms with E-state index in [-0.39, 0.29) is 30.6 Å². The van der Waals surface area contributed by atoms with Crippen molar-refractivity contribution in [3.8, 4) is 5.75 Å². The van der Waals surface area contributed by atoms with Crippen molar-refractivity contribution in [2.45, 2.75) is 12.8 Å². The van der Waals surface area contributed by atoms with Gasteiger partial charge in [-0.15, -0.1) is 0 Å². The molecular weight excluding hydrogens is 383 g/mol. The van der Waals surface area contributed by atoms with Crippen molar-refractivity contribution >= 4 is 23.2 Å². The Balaban J connectivity index is 1.31. The van der Waals surface area contributed by atoms with E-state index in [0.29, 0.717) is 17.8 Å². The Kier molecular flexibility index (Phi) is 5.75. The smallest absolute Gasteiger partial charge is 0.258 e. The van der Waals surface area contributed by atoms with Crippen molar-refractivity contribution in [2.75, 3.05) is 23.4 Å². The van der Waals surface area contributed by atoms with Crippen LogP contribution in [-0.4, -0.2) is 25.0 Å². The minimum atomic E-state index is -0.459. The number of halogens is 1. The third-order valence-electron chi connectivity index (χ3n) is 4.97. The second-order valence-electron chi connectivity index (χ2n) is 6.99. The molecule has 2 amide bonds. The van der Waals surface area contributed by atoms with Crippen LogP contribution >= 0.6 is 0 Å². The largest absolute Gasteiger partial charge is 0.490 e. The first kappa shape index (κ1) is 19.6. The minimum absolute atomic E-state index is 0.0592. The predicted molar refractivity (Wildman–Crippen MR) is 113 cm³/mol. The Labute approximate surface area is 174 Å². The highest BCUT2D eigenvalue weighted by atomic mass is 19.1. The van der Waals surface area contributed by atoms with Gasteiger partial charge in [-0.2, -0.15) is 0 Å². The zero-order chi connectivity index (χ0) is 20.9. The first-order valence-corrected chi connectivity index (χ1v) is 9.79. The second-order valence-corrected chi connectivity index (χ2v) is 6.99. The molecule has 0 unspecified atom stereocenters. The number of rotatable bonds is 6. The number of hydrogen-bond acceptors (Lipinski definition) is 3. The second kappa shape index (κ2) is 8.78. The summed E-state index contributed by atoms with van der Waals surface area (Å²) < 4.78 is 18.8. The molecule has 0 aromatic heterocycles. The summed E-state index contributed by atoms with van der Waals surface area (Å²) in [5, 5.41) is 2.76. The Hall–Kier alpha value is -3.67. The van der Waals surface area contributed by atoms with Crippen molar-refractivity contribution in [1.29, 1.82) is 0 Å². The lowest BCUT2D eigenvalue weighted by Crippen LogP contribution is -2.28. The van der Waals surface area contributed by atoms with E-state index in [2.05, 4.69) is 5.32 Å². The number of carbonyl (C=O) groups excluding carboxylic acids is 2. The molecule has 30 heavy (non-hydrogen) atoms. The third kappa shape index (κ3) is 4.33. The van der Waals surface area contributed by atoms with Gasteiger partial charge in [-0.25, -0.2) is 4.39 Å². The summed E-state index contributed by atoms with van der Waals surface area (Å²) in [6.45, 7) is 0.733. The number of anilines is 2. The Morgan fingerprint density at radius 3 is 2.50 bits per heavy atom. The van der Waals surface area contributed by atoms with Gasteiger partial charge in [-0.05, 0) is 54.4 Å². The molecule has 5 nitrogen and oxygen atoms in total. The van der Waals surface area contributed by atoms with Crippen LogP contribution < -0.4 is 15.0 Å². The van der Waals surface area contributed by atoms with Gasteiger partial charge < -0.3 is 15.0 Å². The molecule has 0 spiro atoms. The molecule has 0 fully saturated rings. The zero-order valence-corrected chi connectivity index (χ0v) is 16.3. The van der Waals surface area contributed by atoms with E-state index in [1.165, 1.54) is 17.7 Å². The normalized spacial score (nSPS) is 12.4. The quantitative estimate of drug-likeness (QED) is 0.661. The van der Waals surface area contributed by atoms with E-state index in [0.717, 1.165) is 12.1 Å². The van der Waals surface area contributed by atoms with Gasteiger partial charge in [0.25, 0.3) is 5.91 Å². The molecule has 3 aromatic rings. The van der Waals surface area contributed by atoms with Crippen LogP contribution in [0.2, 0.25) is 0 Å². The SMILES string of the molecule is O=C(CCOc1ccccc1F)Nc1ccc(C(=O)N2CCc3ccccc32)cc1. The molecule has 1 N–H and O–H groups in total. The lowest BCUT2D eigenvalue weighted by Gasteiger charge is -2.17. The molecule has 152 valence electrons. The Morgan fingerprint density at radius 1 is 0.967 bits per heavy atom. The summed E-state index contributed by atoms with van der Waals surface area (Å²) in [5.41, 5.74) is 3.28. The van der Waals surface area contributed by atoms with Crippen LogP contribution in [0.3, 0.4) is 0 Å². The summed E-state index contributed by atoms with van der Waals surface area (Å²) in [7, 11) is 0. The molecule has 0 aliphatic carbocycles. The highest BCUT2D eigenvalue weighted by molar-refractivity contribution is 6.07. The van der Waals surface area contributed by atoms with Gasteiger partial charge in [-0.3, -0.25) is 9.59 Å². The number of para-hydroxylation sites is 2. The van der Waals surface area contributed by atoms with Crippen molar-refractivity contribution < 1.29 is 18.7 Å². The molecule has 1 aliphatic heterocycles. The fourth-order valence-electron chi connectivity index (χ4n) is 3.44. The van der Waals surface area contributed by atoms with E-state index in [4.69, 9.17) is 4.74 Å². The maximum Gasteiger partial charge on any atom is 0.258 e. The minimum Gasteiger partial charge on any atom is -0.490 e. The standard InChI is InChI=1S/C24H21FN2O3/c25-20-6-2-4-8-22(20)30-16-14-23(28)26-19-11-9-18(10-12-19)24(29)27-15-13-17-5-1-3-7-21(17)27/h1-12H,13-16H2,(H,26,28). The summed E-state index contributed by atoms with van der Waals surface area (Å²) in [5.74, 6) is -0.648. The van der Waals surface area contributed by atoms with Gasteiger partial charge in [-0.1, -0.05) is 30.3 Å². The van der Waals surface area contributed by atoms with Gasteiger partial charge >= 0.3 is 0 Å². The predicted octanol–water partition coefficient (Wildman–Crippen LogP) is 4.44. The van der Waals surface area contributed by atoms with Gasteiger partial charge in [0.05, 0.1) is 13.0 Å². The number of amides is 2. The molecule has 0 saturated heterocycles. The Morgan fingerprint density at radius 2 is 1.70 bits per heavy atom. The Bertz CT molecular complexity index is 1070. The summed E-state index contributed by atoms with van der Waals surface area (Å²) >= 11 is 0. The molecule has 6 heteroatoms. The molecule has 1 heterocycles. The lowest BCUT2D eigenvalue weighted by atomic mass is 10.1. The van der Waals surface area contributed by atoms with Crippen molar-refractivity contribution in [2.24, 2.45) is 0 Å². The van der Waals surface area contributed by atoms with Crippen LogP contribution in [0.5, 0.6) is 5.75 Å². The average molecular weight is 404 g/mol. The van der Waals surface area contributed by atoms with E-state index in [9.17, 15) is 14.0 Å². The van der Waals surface area contributed by atoms with E-state index in [1.54, 1.807) is 41.3 Å². The number of carbonyl (C=O) groups is 2. The summed E-state index contributed by atoms with van der Waals surface area (Å²) in [6.07, 6.45) is 0.935. The van der Waals surface area contributed by atoms with E-state index in [1.807, 2.05) is 24.3 Å². The van der Waals surface area contributed by atoms with Crippen LogP contribution in [0.15, 0.2) is 72.8 Å². The highest BCUT2D eigenvalue weighted by Gasteiger charge is 2.24. The number of hydrogen-bond donors (Lipinski definition) is 1. The molecule has 0 atom stereocenters. The van der Waals surface area contributed by atoms with Crippen LogP contribution in [-0.2, 0) is 11.2 Å². The number of nitrogens with one attached hydrogen (secondary N) is 1. The maximum atomic E-state index is 13.5. The summed E-state index contributed by atoms with van der Waals surface area (Å²) in [4.78, 5) is 26.7. The van der Waals surface area contributed by atoms with Crippen LogP contribution in [0.25, 0.3) is 0 Å².